The van der Waals surface area contributed by atoms with Gasteiger partial charge in [0.05, 0.1) is 22.8 Å². The van der Waals surface area contributed by atoms with E-state index in [1.54, 1.807) is 90.7 Å². The van der Waals surface area contributed by atoms with Crippen LogP contribution in [0.5, 0.6) is 0 Å². The third kappa shape index (κ3) is 15.2. The average molecular weight is 1930 g/mol. The lowest BCUT2D eigenvalue weighted by Crippen LogP contribution is -1.92. The summed E-state index contributed by atoms with van der Waals surface area (Å²) in [4.78, 5) is 50.5. The van der Waals surface area contributed by atoms with Crippen molar-refractivity contribution in [2.45, 2.75) is 0 Å². The minimum atomic E-state index is 0.833. The summed E-state index contributed by atoms with van der Waals surface area (Å²) in [5, 5.41) is 17.4. The molecule has 0 atom stereocenters. The van der Waals surface area contributed by atoms with Gasteiger partial charge in [0.1, 0.15) is 0 Å². The highest BCUT2D eigenvalue weighted by Crippen LogP contribution is 2.52. The number of nitrogens with zero attached hydrogens (tertiary/aromatic N) is 2. The summed E-state index contributed by atoms with van der Waals surface area (Å²) in [5.74, 6) is 0. The summed E-state index contributed by atoms with van der Waals surface area (Å²) in [6.45, 7) is 0. The molecule has 0 saturated carbocycles. The summed E-state index contributed by atoms with van der Waals surface area (Å²) in [5.41, 5.74) is 24.1. The fourth-order valence-corrected chi connectivity index (χ4v) is 31.6. The lowest BCUT2D eigenvalue weighted by atomic mass is 9.97. The maximum atomic E-state index is 6.20. The van der Waals surface area contributed by atoms with Crippen molar-refractivity contribution in [3.8, 4) is 206 Å². The molecule has 2 N–H and O–H groups in total. The molecular weight excluding hydrogens is 1870 g/mol. The molecule has 0 aliphatic carbocycles. The number of H-pyrrole nitrogens is 2. The van der Waals surface area contributed by atoms with Crippen LogP contribution in [0.4, 0.5) is 0 Å². The van der Waals surface area contributed by atoms with Crippen molar-refractivity contribution in [3.05, 3.63) is 357 Å². The van der Waals surface area contributed by atoms with Crippen LogP contribution < -0.4 is 0 Å². The normalized spacial score (nSPS) is 12.0. The second kappa shape index (κ2) is 33.6. The molecule has 4 aromatic carbocycles. The molecule has 8 bridgehead atoms. The Morgan fingerprint density at radius 1 is 0.148 bits per heavy atom. The monoisotopic (exact) mass is 1930 g/mol. The standard InChI is InChI=1S/C108H62N4S16/c1-9-89(113-41-1)97-33-25-81(121-97)61-49-62(82-26-34-98(122-82)90-10-2-42-114-90)54-69(53-61)105-73-17-19-75(109-73)106(70-55-63(83-27-35-99(123-83)91-11-3-43-115-91)50-64(56-70)84-28-36-100(124-84)92-12-4-44-116-92)77-21-23-79(111-77)108(72-59-67(87-31-39-103(127-87)95-15-7-47-119-95)52-68(60-72)88-32-40-104(128-88)96-16-8-48-120-96)80-24-22-78(112-80)107(76-20-18-74(105)110-76)71-57-65(85-29-37-101(125-85)93-13-5-45-117-93)51-66(58-71)86-30-38-102(126-86)94-14-6-46-118-94/h1-60,109,112H. The van der Waals surface area contributed by atoms with E-state index in [2.05, 4.69) is 368 Å². The number of nitrogens with one attached hydrogen (secondary N) is 2. The van der Waals surface area contributed by atoms with Crippen LogP contribution in [-0.4, -0.2) is 19.9 Å². The summed E-state index contributed by atoms with van der Waals surface area (Å²) in [6, 6.07) is 110. The third-order valence-corrected chi connectivity index (χ3v) is 40.5. The van der Waals surface area contributed by atoms with Crippen LogP contribution in [0.25, 0.3) is 252 Å². The van der Waals surface area contributed by atoms with E-state index in [1.807, 2.05) is 90.7 Å². The molecule has 0 saturated heterocycles. The van der Waals surface area contributed by atoms with Crippen molar-refractivity contribution in [2.75, 3.05) is 0 Å². The second-order valence-corrected chi connectivity index (χ2v) is 47.1. The fourth-order valence-electron chi connectivity index (χ4n) is 17.0. The van der Waals surface area contributed by atoms with Crippen LogP contribution in [0, 0.1) is 0 Å². The Hall–Kier alpha value is -11.3. The maximum Gasteiger partial charge on any atom is 0.0737 e. The van der Waals surface area contributed by atoms with Crippen molar-refractivity contribution in [1.82, 2.24) is 19.9 Å². The van der Waals surface area contributed by atoms with Gasteiger partial charge in [0.25, 0.3) is 0 Å². The minimum absolute atomic E-state index is 0.833. The van der Waals surface area contributed by atoms with E-state index in [-0.39, 0.29) is 0 Å². The zero-order valence-corrected chi connectivity index (χ0v) is 80.1. The lowest BCUT2D eigenvalue weighted by Gasteiger charge is -2.12. The maximum absolute atomic E-state index is 6.20. The predicted octanol–water partition coefficient (Wildman–Crippen LogP) is 39.0. The zero-order valence-electron chi connectivity index (χ0n) is 67.1. The van der Waals surface area contributed by atoms with Gasteiger partial charge in [-0.2, -0.15) is 0 Å². The number of aromatic nitrogens is 4. The molecule has 21 heterocycles. The summed E-state index contributed by atoms with van der Waals surface area (Å²) < 4.78 is 0. The smallest absolute Gasteiger partial charge is 0.0737 e. The third-order valence-electron chi connectivity index (χ3n) is 22.9. The number of hydrogen-bond acceptors (Lipinski definition) is 18. The van der Waals surface area contributed by atoms with E-state index in [9.17, 15) is 0 Å². The first-order valence-corrected chi connectivity index (χ1v) is 54.7. The van der Waals surface area contributed by atoms with E-state index in [4.69, 9.17) is 9.97 Å². The van der Waals surface area contributed by atoms with Gasteiger partial charge in [-0.3, -0.25) is 0 Å². The first kappa shape index (κ1) is 78.9. The topological polar surface area (TPSA) is 57.4 Å². The molecule has 23 aromatic rings. The lowest BCUT2D eigenvalue weighted by molar-refractivity contribution is 1.31. The number of fused-ring (bicyclic) bond motifs is 8. The Bertz CT molecular complexity index is 6980. The van der Waals surface area contributed by atoms with Gasteiger partial charge in [-0.1, -0.05) is 48.5 Å². The highest BCUT2D eigenvalue weighted by Gasteiger charge is 2.27. The molecule has 25 rings (SSSR count). The molecule has 0 amide bonds. The van der Waals surface area contributed by atoms with Crippen LogP contribution in [0.3, 0.4) is 0 Å². The van der Waals surface area contributed by atoms with Crippen LogP contribution in [0.2, 0.25) is 0 Å². The van der Waals surface area contributed by atoms with Crippen molar-refractivity contribution in [3.63, 3.8) is 0 Å². The van der Waals surface area contributed by atoms with Gasteiger partial charge in [0.2, 0.25) is 0 Å². The molecule has 2 aliphatic heterocycles. The largest absolute Gasteiger partial charge is 0.354 e. The Morgan fingerprint density at radius 2 is 0.297 bits per heavy atom. The van der Waals surface area contributed by atoms with Gasteiger partial charge in [0, 0.05) is 161 Å². The van der Waals surface area contributed by atoms with Crippen molar-refractivity contribution < 1.29 is 0 Å². The van der Waals surface area contributed by atoms with Crippen LogP contribution in [-0.2, 0) is 0 Å². The van der Waals surface area contributed by atoms with E-state index < -0.39 is 0 Å². The van der Waals surface area contributed by atoms with Crippen molar-refractivity contribution in [2.24, 2.45) is 0 Å². The summed E-state index contributed by atoms with van der Waals surface area (Å²) in [7, 11) is 0. The van der Waals surface area contributed by atoms with E-state index >= 15 is 0 Å². The van der Waals surface area contributed by atoms with Gasteiger partial charge in [-0.25, -0.2) is 9.97 Å². The van der Waals surface area contributed by atoms with Gasteiger partial charge in [-0.15, -0.1) is 181 Å². The number of hydrogen-bond donors (Lipinski definition) is 2. The van der Waals surface area contributed by atoms with E-state index in [0.717, 1.165) is 134 Å². The van der Waals surface area contributed by atoms with Gasteiger partial charge in [-0.05, 0) is 377 Å². The molecular formula is C108H62N4S16. The molecule has 19 aromatic heterocycles. The highest BCUT2D eigenvalue weighted by molar-refractivity contribution is 7.27. The van der Waals surface area contributed by atoms with Gasteiger partial charge in [0.15, 0.2) is 0 Å². The number of benzene rings is 4. The summed E-state index contributed by atoms with van der Waals surface area (Å²) in [6.07, 6.45) is 9.11. The predicted molar refractivity (Wildman–Crippen MR) is 574 cm³/mol. The van der Waals surface area contributed by atoms with Crippen LogP contribution in [0.1, 0.15) is 22.8 Å². The Balaban J connectivity index is 0.795. The quantitative estimate of drug-likeness (QED) is 0.0799. The average Bonchev–Trinajstić information content (AvgIpc) is 1.57. The molecule has 4 nitrogen and oxygen atoms in total. The van der Waals surface area contributed by atoms with Crippen LogP contribution in [0.15, 0.2) is 334 Å². The molecule has 128 heavy (non-hydrogen) atoms. The number of rotatable bonds is 20. The van der Waals surface area contributed by atoms with E-state index in [0.29, 0.717) is 0 Å². The number of aromatic amines is 2. The second-order valence-electron chi connectivity index (χ2n) is 30.8. The first-order valence-electron chi connectivity index (χ1n) is 41.2. The molecule has 0 fully saturated rings. The fraction of sp³-hybridized carbons (Fsp3) is 0. The Morgan fingerprint density at radius 3 is 0.445 bits per heavy atom. The Kier molecular flexibility index (Phi) is 20.7. The SMILES string of the molecule is C1=Cc2nc1c(-c1cc(-c3ccc(-c4cccs4)s3)cc(-c3ccc(-c4cccs4)s3)c1)c1ccc([nH]1)c(-c1cc(-c3ccc(-c4cccs4)s3)cc(-c3ccc(-c4cccs4)s3)c1)c1nc(c(-c3cc(-c4ccc(-c5cccs5)s4)cc(-c4ccc(-c5cccs5)s4)c3)c3ccc([nH]3)c2-c2cc(-c3ccc(-c4cccs4)s3)cc(-c3ccc(-c4cccs4)s3)c2)C=C1. The highest BCUT2D eigenvalue weighted by atomic mass is 32.2. The van der Waals surface area contributed by atoms with Crippen molar-refractivity contribution in [1.29, 1.82) is 0 Å². The molecule has 0 unspecified atom stereocenters. The molecule has 610 valence electrons. The van der Waals surface area contributed by atoms with Gasteiger partial charge < -0.3 is 9.97 Å². The summed E-state index contributed by atoms with van der Waals surface area (Å²) >= 11 is 29.0. The molecule has 0 radical (unpaired) electrons. The Labute approximate surface area is 801 Å². The van der Waals surface area contributed by atoms with E-state index in [1.165, 1.54) is 117 Å². The van der Waals surface area contributed by atoms with Crippen molar-refractivity contribution >= 4 is 228 Å². The molecule has 0 spiro atoms. The minimum Gasteiger partial charge on any atom is -0.354 e. The number of thiophene rings is 16. The molecule has 20 heteroatoms. The first-order chi connectivity index (χ1) is 63.3. The molecule has 2 aliphatic rings. The zero-order chi connectivity index (χ0) is 84.3. The van der Waals surface area contributed by atoms with Gasteiger partial charge >= 0.3 is 0 Å². The van der Waals surface area contributed by atoms with Crippen LogP contribution >= 0.6 is 181 Å².